The van der Waals surface area contributed by atoms with E-state index in [1.807, 2.05) is 7.05 Å². The van der Waals surface area contributed by atoms with Gasteiger partial charge in [0.2, 0.25) is 0 Å². The first-order valence-corrected chi connectivity index (χ1v) is 9.77. The zero-order valence-corrected chi connectivity index (χ0v) is 16.7. The number of benzene rings is 1. The van der Waals surface area contributed by atoms with Gasteiger partial charge in [-0.3, -0.25) is 4.90 Å². The third kappa shape index (κ3) is 2.33. The minimum Gasteiger partial charge on any atom is -0.399 e. The van der Waals surface area contributed by atoms with E-state index in [1.165, 1.54) is 0 Å². The third-order valence-electron chi connectivity index (χ3n) is 6.52. The normalized spacial score (nSPS) is 30.6. The van der Waals surface area contributed by atoms with E-state index in [9.17, 15) is 15.8 Å². The highest BCUT2D eigenvalue weighted by atomic mass is 35.5. The van der Waals surface area contributed by atoms with Crippen LogP contribution in [0.1, 0.15) is 24.3 Å². The number of fused-ring (bicyclic) bond motifs is 4. The predicted octanol–water partition coefficient (Wildman–Crippen LogP) is 3.88. The lowest BCUT2D eigenvalue weighted by Crippen LogP contribution is -2.51. The molecule has 0 amide bonds. The quantitative estimate of drug-likeness (QED) is 0.757. The molecule has 140 valence electrons. The number of hydrogen-bond donors (Lipinski definition) is 1. The summed E-state index contributed by atoms with van der Waals surface area (Å²) < 4.78 is 0. The van der Waals surface area contributed by atoms with Gasteiger partial charge in [-0.2, -0.15) is 15.8 Å². The molecule has 0 aromatic heterocycles. The first-order valence-electron chi connectivity index (χ1n) is 9.01. The molecular weight excluding hydrogens is 393 g/mol. The minimum absolute atomic E-state index is 0.0162. The minimum atomic E-state index is -1.68. The Kier molecular flexibility index (Phi) is 4.40. The van der Waals surface area contributed by atoms with Crippen molar-refractivity contribution in [1.82, 2.24) is 4.90 Å². The summed E-state index contributed by atoms with van der Waals surface area (Å²) in [6.45, 7) is 0. The molecule has 7 heteroatoms. The van der Waals surface area contributed by atoms with Crippen LogP contribution >= 0.6 is 23.2 Å². The standard InChI is InChI=1S/C21H17Cl2N5/c1-28-12-3-5-17(28)18-14(7-12)15(8-24)20(27)21(9-25,10-26)19(18)13-4-2-11(22)6-16(13)23/h2,4,6-7,12,17-19H,3,5,27H2,1H3/t12-,17-,18+,19+/m1/s1. The van der Waals surface area contributed by atoms with Gasteiger partial charge in [-0.05, 0) is 43.2 Å². The van der Waals surface area contributed by atoms with Gasteiger partial charge in [-0.1, -0.05) is 35.3 Å². The summed E-state index contributed by atoms with van der Waals surface area (Å²) in [5, 5.41) is 31.0. The second kappa shape index (κ2) is 6.54. The maximum atomic E-state index is 10.1. The molecule has 0 radical (unpaired) electrons. The molecule has 1 aromatic rings. The fraction of sp³-hybridized carbons (Fsp3) is 0.381. The molecule has 2 aliphatic heterocycles. The predicted molar refractivity (Wildman–Crippen MR) is 106 cm³/mol. The molecule has 0 saturated carbocycles. The van der Waals surface area contributed by atoms with Gasteiger partial charge >= 0.3 is 0 Å². The Hall–Kier alpha value is -2.49. The van der Waals surface area contributed by atoms with Crippen LogP contribution < -0.4 is 5.73 Å². The fourth-order valence-corrected chi connectivity index (χ4v) is 5.71. The van der Waals surface area contributed by atoms with Crippen molar-refractivity contribution in [3.63, 3.8) is 0 Å². The van der Waals surface area contributed by atoms with Crippen LogP contribution in [-0.4, -0.2) is 24.0 Å². The van der Waals surface area contributed by atoms with Crippen LogP contribution in [0.4, 0.5) is 0 Å². The summed E-state index contributed by atoms with van der Waals surface area (Å²) in [7, 11) is 2.05. The van der Waals surface area contributed by atoms with E-state index in [0.29, 0.717) is 15.6 Å². The van der Waals surface area contributed by atoms with Gasteiger partial charge in [0, 0.05) is 34.0 Å². The number of nitriles is 3. The van der Waals surface area contributed by atoms with Crippen molar-refractivity contribution in [3.8, 4) is 18.2 Å². The molecule has 28 heavy (non-hydrogen) atoms. The summed E-state index contributed by atoms with van der Waals surface area (Å²) in [5.41, 5.74) is 6.43. The number of allylic oxidation sites excluding steroid dienone is 2. The van der Waals surface area contributed by atoms with Crippen LogP contribution in [0.25, 0.3) is 0 Å². The largest absolute Gasteiger partial charge is 0.399 e. The van der Waals surface area contributed by atoms with Crippen molar-refractivity contribution in [2.45, 2.75) is 30.8 Å². The smallest absolute Gasteiger partial charge is 0.191 e. The van der Waals surface area contributed by atoms with Gasteiger partial charge in [-0.15, -0.1) is 0 Å². The molecule has 5 nitrogen and oxygen atoms in total. The van der Waals surface area contributed by atoms with E-state index < -0.39 is 11.3 Å². The first kappa shape index (κ1) is 18.9. The molecule has 2 bridgehead atoms. The molecule has 1 aliphatic carbocycles. The summed E-state index contributed by atoms with van der Waals surface area (Å²) in [4.78, 5) is 2.26. The van der Waals surface area contributed by atoms with Crippen LogP contribution in [0, 0.1) is 45.3 Å². The molecule has 1 saturated heterocycles. The molecule has 3 aliphatic rings. The van der Waals surface area contributed by atoms with Gasteiger partial charge in [0.05, 0.1) is 23.4 Å². The molecule has 0 spiro atoms. The Labute approximate surface area is 173 Å². The summed E-state index contributed by atoms with van der Waals surface area (Å²) in [6.07, 6.45) is 3.96. The second-order valence-electron chi connectivity index (χ2n) is 7.60. The van der Waals surface area contributed by atoms with Crippen LogP contribution in [0.3, 0.4) is 0 Å². The zero-order chi connectivity index (χ0) is 20.2. The Morgan fingerprint density at radius 1 is 1.18 bits per heavy atom. The number of nitrogens with two attached hydrogens (primary N) is 1. The van der Waals surface area contributed by atoms with Crippen LogP contribution in [0.2, 0.25) is 10.0 Å². The summed E-state index contributed by atoms with van der Waals surface area (Å²) in [6, 6.07) is 11.9. The molecule has 0 unspecified atom stereocenters. The van der Waals surface area contributed by atoms with E-state index in [0.717, 1.165) is 18.4 Å². The molecular formula is C21H17Cl2N5. The van der Waals surface area contributed by atoms with Crippen molar-refractivity contribution in [3.05, 3.63) is 56.7 Å². The first-order chi connectivity index (χ1) is 13.4. The number of rotatable bonds is 1. The highest BCUT2D eigenvalue weighted by Crippen LogP contribution is 2.59. The van der Waals surface area contributed by atoms with E-state index in [2.05, 4.69) is 29.2 Å². The molecule has 1 fully saturated rings. The van der Waals surface area contributed by atoms with Crippen molar-refractivity contribution in [2.75, 3.05) is 7.05 Å². The van der Waals surface area contributed by atoms with Gasteiger partial charge in [0.15, 0.2) is 5.41 Å². The van der Waals surface area contributed by atoms with Crippen LogP contribution in [0.5, 0.6) is 0 Å². The monoisotopic (exact) mass is 409 g/mol. The van der Waals surface area contributed by atoms with Crippen molar-refractivity contribution in [2.24, 2.45) is 17.1 Å². The van der Waals surface area contributed by atoms with E-state index >= 15 is 0 Å². The Balaban J connectivity index is 2.07. The highest BCUT2D eigenvalue weighted by molar-refractivity contribution is 6.35. The number of nitrogens with zero attached hydrogens (tertiary/aromatic N) is 4. The van der Waals surface area contributed by atoms with Crippen LogP contribution in [-0.2, 0) is 0 Å². The zero-order valence-electron chi connectivity index (χ0n) is 15.2. The van der Waals surface area contributed by atoms with E-state index in [-0.39, 0.29) is 29.3 Å². The van der Waals surface area contributed by atoms with Crippen molar-refractivity contribution >= 4 is 23.2 Å². The maximum Gasteiger partial charge on any atom is 0.191 e. The lowest BCUT2D eigenvalue weighted by Gasteiger charge is -2.48. The Morgan fingerprint density at radius 2 is 1.89 bits per heavy atom. The topological polar surface area (TPSA) is 101 Å². The fourth-order valence-electron chi connectivity index (χ4n) is 5.19. The van der Waals surface area contributed by atoms with Crippen molar-refractivity contribution in [1.29, 1.82) is 15.8 Å². The highest BCUT2D eigenvalue weighted by Gasteiger charge is 2.58. The second-order valence-corrected chi connectivity index (χ2v) is 8.44. The van der Waals surface area contributed by atoms with E-state index in [1.54, 1.807) is 18.2 Å². The van der Waals surface area contributed by atoms with Gasteiger partial charge < -0.3 is 5.73 Å². The summed E-state index contributed by atoms with van der Waals surface area (Å²) >= 11 is 12.6. The average molecular weight is 410 g/mol. The lowest BCUT2D eigenvalue weighted by atomic mass is 9.56. The summed E-state index contributed by atoms with van der Waals surface area (Å²) in [5.74, 6) is -0.828. The maximum absolute atomic E-state index is 10.1. The average Bonchev–Trinajstić information content (AvgIpc) is 2.91. The van der Waals surface area contributed by atoms with E-state index in [4.69, 9.17) is 28.9 Å². The Bertz CT molecular complexity index is 1040. The van der Waals surface area contributed by atoms with Crippen LogP contribution in [0.15, 0.2) is 41.1 Å². The number of likely N-dealkylation sites (N-methyl/N-ethyl adjacent to an activating group) is 1. The third-order valence-corrected chi connectivity index (χ3v) is 7.08. The lowest BCUT2D eigenvalue weighted by molar-refractivity contribution is 0.160. The van der Waals surface area contributed by atoms with Crippen molar-refractivity contribution < 1.29 is 0 Å². The van der Waals surface area contributed by atoms with Gasteiger partial charge in [0.1, 0.15) is 6.07 Å². The van der Waals surface area contributed by atoms with Gasteiger partial charge in [0.25, 0.3) is 0 Å². The molecule has 2 N–H and O–H groups in total. The number of halogens is 2. The molecule has 4 rings (SSSR count). The number of hydrogen-bond acceptors (Lipinski definition) is 5. The molecule has 2 heterocycles. The Morgan fingerprint density at radius 3 is 2.50 bits per heavy atom. The SMILES string of the molecule is CN1[C@@H]2CC[C@@H]1C=C1C(C#N)=C(N)C(C#N)(C#N)[C@@H](c3ccc(Cl)cc3Cl)[C@@H]12. The van der Waals surface area contributed by atoms with Gasteiger partial charge in [-0.25, -0.2) is 0 Å². The molecule has 1 aromatic carbocycles. The molecule has 4 atom stereocenters.